The molecule has 0 amide bonds. The second-order valence-electron chi connectivity index (χ2n) is 2.79. The second-order valence-corrected chi connectivity index (χ2v) is 3.82. The summed E-state index contributed by atoms with van der Waals surface area (Å²) >= 11 is 1.16. The molecule has 1 atom stereocenters. The van der Waals surface area contributed by atoms with Crippen LogP contribution in [0.25, 0.3) is 0 Å². The van der Waals surface area contributed by atoms with Crippen LogP contribution in [-0.2, 0) is 0 Å². The Morgan fingerprint density at radius 1 is 1.77 bits per heavy atom. The molecule has 0 aromatic carbocycles. The van der Waals surface area contributed by atoms with Gasteiger partial charge in [0.2, 0.25) is 0 Å². The summed E-state index contributed by atoms with van der Waals surface area (Å²) in [5.41, 5.74) is 6.28. The van der Waals surface area contributed by atoms with Crippen molar-refractivity contribution in [2.45, 2.75) is 26.3 Å². The Labute approximate surface area is 80.4 Å². The predicted octanol–water partition coefficient (Wildman–Crippen LogP) is 1.56. The summed E-state index contributed by atoms with van der Waals surface area (Å²) in [6, 6.07) is -0.142. The third-order valence-electron chi connectivity index (χ3n) is 1.76. The third kappa shape index (κ3) is 2.05. The molecule has 13 heavy (non-hydrogen) atoms. The minimum atomic E-state index is -0.926. The van der Waals surface area contributed by atoms with Gasteiger partial charge in [0, 0.05) is 0 Å². The largest absolute Gasteiger partial charge is 0.477 e. The lowest BCUT2D eigenvalue weighted by Crippen LogP contribution is -2.07. The van der Waals surface area contributed by atoms with Crippen LogP contribution in [0.4, 0.5) is 0 Å². The van der Waals surface area contributed by atoms with Gasteiger partial charge < -0.3 is 10.8 Å². The summed E-state index contributed by atoms with van der Waals surface area (Å²) in [5, 5.41) is 9.47. The van der Waals surface area contributed by atoms with Crippen molar-refractivity contribution in [3.05, 3.63) is 15.6 Å². The smallest absolute Gasteiger partial charge is 0.347 e. The molecule has 0 aliphatic heterocycles. The van der Waals surface area contributed by atoms with Crippen LogP contribution >= 0.6 is 11.3 Å². The maximum absolute atomic E-state index is 10.7. The van der Waals surface area contributed by atoms with E-state index in [9.17, 15) is 4.79 Å². The van der Waals surface area contributed by atoms with Crippen LogP contribution < -0.4 is 5.73 Å². The molecule has 0 bridgehead atoms. The lowest BCUT2D eigenvalue weighted by atomic mass is 10.2. The van der Waals surface area contributed by atoms with Crippen LogP contribution in [0.3, 0.4) is 0 Å². The summed E-state index contributed by atoms with van der Waals surface area (Å²) in [6.07, 6.45) is 0.770. The van der Waals surface area contributed by atoms with Crippen molar-refractivity contribution in [3.8, 4) is 0 Å². The SMILES string of the molecule is CCC(N)c1nc(C)c(C(=O)O)s1. The first-order valence-electron chi connectivity index (χ1n) is 4.02. The zero-order chi connectivity index (χ0) is 10.0. The molecule has 0 spiro atoms. The molecule has 1 unspecified atom stereocenters. The summed E-state index contributed by atoms with van der Waals surface area (Å²) in [6.45, 7) is 3.63. The zero-order valence-electron chi connectivity index (χ0n) is 7.57. The van der Waals surface area contributed by atoms with Gasteiger partial charge in [0.25, 0.3) is 0 Å². The topological polar surface area (TPSA) is 76.2 Å². The van der Waals surface area contributed by atoms with Crippen LogP contribution in [0.5, 0.6) is 0 Å². The van der Waals surface area contributed by atoms with Crippen molar-refractivity contribution < 1.29 is 9.90 Å². The van der Waals surface area contributed by atoms with E-state index < -0.39 is 5.97 Å². The van der Waals surface area contributed by atoms with E-state index in [1.165, 1.54) is 0 Å². The molecule has 1 aromatic heterocycles. The number of aryl methyl sites for hydroxylation is 1. The number of carboxylic acids is 1. The minimum absolute atomic E-state index is 0.142. The predicted molar refractivity (Wildman–Crippen MR) is 51.0 cm³/mol. The lowest BCUT2D eigenvalue weighted by molar-refractivity contribution is 0.0701. The molecular formula is C8H12N2O2S. The van der Waals surface area contributed by atoms with Crippen molar-refractivity contribution in [1.82, 2.24) is 4.98 Å². The molecule has 0 aliphatic rings. The van der Waals surface area contributed by atoms with E-state index in [1.807, 2.05) is 6.92 Å². The fraction of sp³-hybridized carbons (Fsp3) is 0.500. The molecule has 5 heteroatoms. The van der Waals surface area contributed by atoms with Gasteiger partial charge in [-0.1, -0.05) is 6.92 Å². The van der Waals surface area contributed by atoms with Gasteiger partial charge in [-0.3, -0.25) is 0 Å². The first-order valence-corrected chi connectivity index (χ1v) is 4.84. The molecule has 3 N–H and O–H groups in total. The Morgan fingerprint density at radius 2 is 2.38 bits per heavy atom. The van der Waals surface area contributed by atoms with E-state index in [1.54, 1.807) is 6.92 Å². The van der Waals surface area contributed by atoms with Gasteiger partial charge in [0.1, 0.15) is 9.88 Å². The molecule has 4 nitrogen and oxygen atoms in total. The fourth-order valence-electron chi connectivity index (χ4n) is 0.949. The number of hydrogen-bond acceptors (Lipinski definition) is 4. The standard InChI is InChI=1S/C8H12N2O2S/c1-3-5(9)7-10-4(2)6(13-7)8(11)12/h5H,3,9H2,1-2H3,(H,11,12). The number of hydrogen-bond donors (Lipinski definition) is 2. The van der Waals surface area contributed by atoms with E-state index >= 15 is 0 Å². The van der Waals surface area contributed by atoms with Crippen LogP contribution in [0.2, 0.25) is 0 Å². The van der Waals surface area contributed by atoms with Crippen molar-refractivity contribution in [2.24, 2.45) is 5.73 Å². The summed E-state index contributed by atoms with van der Waals surface area (Å²) in [4.78, 5) is 15.1. The molecule has 1 heterocycles. The van der Waals surface area contributed by atoms with Gasteiger partial charge in [-0.05, 0) is 13.3 Å². The third-order valence-corrected chi connectivity index (χ3v) is 3.04. The number of carboxylic acid groups (broad SMARTS) is 1. The van der Waals surface area contributed by atoms with E-state index in [4.69, 9.17) is 10.8 Å². The highest BCUT2D eigenvalue weighted by Crippen LogP contribution is 2.23. The quantitative estimate of drug-likeness (QED) is 0.776. The van der Waals surface area contributed by atoms with Crippen LogP contribution in [-0.4, -0.2) is 16.1 Å². The molecule has 1 rings (SSSR count). The second kappa shape index (κ2) is 3.85. The van der Waals surface area contributed by atoms with Gasteiger partial charge in [-0.15, -0.1) is 11.3 Å². The molecular weight excluding hydrogens is 188 g/mol. The number of carbonyl (C=O) groups is 1. The van der Waals surface area contributed by atoms with Crippen LogP contribution in [0, 0.1) is 6.92 Å². The van der Waals surface area contributed by atoms with Crippen LogP contribution in [0.15, 0.2) is 0 Å². The highest BCUT2D eigenvalue weighted by molar-refractivity contribution is 7.13. The van der Waals surface area contributed by atoms with E-state index in [-0.39, 0.29) is 6.04 Å². The van der Waals surface area contributed by atoms with Crippen molar-refractivity contribution in [1.29, 1.82) is 0 Å². The highest BCUT2D eigenvalue weighted by atomic mass is 32.1. The molecule has 1 aromatic rings. The van der Waals surface area contributed by atoms with Gasteiger partial charge in [0.15, 0.2) is 0 Å². The minimum Gasteiger partial charge on any atom is -0.477 e. The fourth-order valence-corrected chi connectivity index (χ4v) is 1.94. The number of aromatic nitrogens is 1. The van der Waals surface area contributed by atoms with E-state index in [2.05, 4.69) is 4.98 Å². The van der Waals surface area contributed by atoms with E-state index in [0.29, 0.717) is 15.6 Å². The molecule has 0 saturated heterocycles. The summed E-state index contributed by atoms with van der Waals surface area (Å²) < 4.78 is 0. The Bertz CT molecular complexity index is 322. The summed E-state index contributed by atoms with van der Waals surface area (Å²) in [5.74, 6) is -0.926. The van der Waals surface area contributed by atoms with Crippen LogP contribution in [0.1, 0.15) is 39.8 Å². The zero-order valence-corrected chi connectivity index (χ0v) is 8.39. The Morgan fingerprint density at radius 3 is 2.77 bits per heavy atom. The number of nitrogens with two attached hydrogens (primary N) is 1. The molecule has 0 fully saturated rings. The monoisotopic (exact) mass is 200 g/mol. The number of aromatic carboxylic acids is 1. The maximum atomic E-state index is 10.7. The van der Waals surface area contributed by atoms with Gasteiger partial charge in [-0.2, -0.15) is 0 Å². The summed E-state index contributed by atoms with van der Waals surface area (Å²) in [7, 11) is 0. The molecule has 72 valence electrons. The number of thiazole rings is 1. The van der Waals surface area contributed by atoms with Crippen molar-refractivity contribution in [3.63, 3.8) is 0 Å². The molecule has 0 saturated carbocycles. The average Bonchev–Trinajstić information content (AvgIpc) is 2.46. The Hall–Kier alpha value is -0.940. The van der Waals surface area contributed by atoms with Crippen molar-refractivity contribution >= 4 is 17.3 Å². The lowest BCUT2D eigenvalue weighted by Gasteiger charge is -2.01. The average molecular weight is 200 g/mol. The number of rotatable bonds is 3. The maximum Gasteiger partial charge on any atom is 0.347 e. The molecule has 0 aliphatic carbocycles. The Kier molecular flexibility index (Phi) is 3.00. The van der Waals surface area contributed by atoms with Gasteiger partial charge in [0.05, 0.1) is 11.7 Å². The van der Waals surface area contributed by atoms with Crippen molar-refractivity contribution in [2.75, 3.05) is 0 Å². The van der Waals surface area contributed by atoms with E-state index in [0.717, 1.165) is 17.8 Å². The first kappa shape index (κ1) is 10.1. The molecule has 0 radical (unpaired) electrons. The highest BCUT2D eigenvalue weighted by Gasteiger charge is 2.16. The van der Waals surface area contributed by atoms with Gasteiger partial charge in [-0.25, -0.2) is 9.78 Å². The normalized spacial score (nSPS) is 12.8. The first-order chi connectivity index (χ1) is 6.06. The Balaban J connectivity index is 3.01. The van der Waals surface area contributed by atoms with Gasteiger partial charge >= 0.3 is 5.97 Å². The number of nitrogens with zero attached hydrogens (tertiary/aromatic N) is 1.